The van der Waals surface area contributed by atoms with Gasteiger partial charge in [0.25, 0.3) is 0 Å². The number of hydrogen-bond acceptors (Lipinski definition) is 5. The molecule has 1 saturated heterocycles. The van der Waals surface area contributed by atoms with Gasteiger partial charge in [0, 0.05) is 6.07 Å². The summed E-state index contributed by atoms with van der Waals surface area (Å²) in [6.07, 6.45) is 0.202. The minimum absolute atomic E-state index is 0.0592. The largest absolute Gasteiger partial charge is 0.497 e. The van der Waals surface area contributed by atoms with Crippen LogP contribution in [0.2, 0.25) is 0 Å². The maximum atomic E-state index is 11.3. The highest BCUT2D eigenvalue weighted by atomic mass is 32.2. The van der Waals surface area contributed by atoms with Crippen LogP contribution in [0, 0.1) is 0 Å². The lowest BCUT2D eigenvalue weighted by atomic mass is 10.2. The molecule has 17 heavy (non-hydrogen) atoms. The second-order valence-corrected chi connectivity index (χ2v) is 6.28. The zero-order valence-corrected chi connectivity index (χ0v) is 10.4. The van der Waals surface area contributed by atoms with E-state index in [0.29, 0.717) is 23.6 Å². The Morgan fingerprint density at radius 3 is 2.76 bits per heavy atom. The number of anilines is 1. The van der Waals surface area contributed by atoms with E-state index in [1.807, 2.05) is 0 Å². The molecule has 1 unspecified atom stereocenters. The first kappa shape index (κ1) is 12.0. The molecule has 1 atom stereocenters. The Kier molecular flexibility index (Phi) is 3.15. The third kappa shape index (κ3) is 2.82. The van der Waals surface area contributed by atoms with E-state index in [1.165, 1.54) is 0 Å². The predicted octanol–water partition coefficient (Wildman–Crippen LogP) is 0.843. The zero-order chi connectivity index (χ0) is 12.5. The molecule has 2 rings (SSSR count). The summed E-state index contributed by atoms with van der Waals surface area (Å²) in [5.41, 5.74) is 6.24. The Bertz CT molecular complexity index is 512. The smallest absolute Gasteiger partial charge is 0.154 e. The van der Waals surface area contributed by atoms with Gasteiger partial charge in [0.2, 0.25) is 0 Å². The van der Waals surface area contributed by atoms with Crippen LogP contribution in [0.4, 0.5) is 5.69 Å². The van der Waals surface area contributed by atoms with Crippen LogP contribution in [0.1, 0.15) is 6.42 Å². The molecule has 6 heteroatoms. The van der Waals surface area contributed by atoms with Crippen LogP contribution in [0.25, 0.3) is 0 Å². The molecule has 0 bridgehead atoms. The molecule has 0 aliphatic carbocycles. The van der Waals surface area contributed by atoms with Crippen molar-refractivity contribution in [3.8, 4) is 11.5 Å². The van der Waals surface area contributed by atoms with E-state index in [1.54, 1.807) is 25.3 Å². The van der Waals surface area contributed by atoms with Crippen molar-refractivity contribution in [2.45, 2.75) is 12.5 Å². The van der Waals surface area contributed by atoms with Crippen molar-refractivity contribution in [1.82, 2.24) is 0 Å². The standard InChI is InChI=1S/C11H15NO4S/c1-15-8-2-3-10(12)11(6-8)16-9-4-5-17(13,14)7-9/h2-3,6,9H,4-5,7,12H2,1H3. The van der Waals surface area contributed by atoms with Crippen LogP contribution < -0.4 is 15.2 Å². The van der Waals surface area contributed by atoms with Gasteiger partial charge >= 0.3 is 0 Å². The van der Waals surface area contributed by atoms with Gasteiger partial charge in [-0.1, -0.05) is 0 Å². The van der Waals surface area contributed by atoms with Crippen LogP contribution in [0.15, 0.2) is 18.2 Å². The summed E-state index contributed by atoms with van der Waals surface area (Å²) in [4.78, 5) is 0. The van der Waals surface area contributed by atoms with Crippen molar-refractivity contribution in [3.63, 3.8) is 0 Å². The van der Waals surface area contributed by atoms with Gasteiger partial charge in [-0.25, -0.2) is 8.42 Å². The van der Waals surface area contributed by atoms with Gasteiger partial charge < -0.3 is 15.2 Å². The van der Waals surface area contributed by atoms with Gasteiger partial charge in [-0.15, -0.1) is 0 Å². The normalized spacial score (nSPS) is 22.3. The lowest BCUT2D eigenvalue weighted by Crippen LogP contribution is -2.18. The first-order valence-corrected chi connectivity index (χ1v) is 7.13. The number of sulfone groups is 1. The maximum absolute atomic E-state index is 11.3. The molecule has 0 saturated carbocycles. The first-order chi connectivity index (χ1) is 8.00. The van der Waals surface area contributed by atoms with Crippen molar-refractivity contribution in [2.24, 2.45) is 0 Å². The lowest BCUT2D eigenvalue weighted by molar-refractivity contribution is 0.229. The summed E-state index contributed by atoms with van der Waals surface area (Å²) >= 11 is 0. The molecule has 0 amide bonds. The highest BCUT2D eigenvalue weighted by Gasteiger charge is 2.29. The SMILES string of the molecule is COc1ccc(N)c(OC2CCS(=O)(=O)C2)c1. The Hall–Kier alpha value is -1.43. The van der Waals surface area contributed by atoms with E-state index >= 15 is 0 Å². The molecular weight excluding hydrogens is 242 g/mol. The minimum Gasteiger partial charge on any atom is -0.497 e. The maximum Gasteiger partial charge on any atom is 0.154 e. The summed E-state index contributed by atoms with van der Waals surface area (Å²) in [6, 6.07) is 5.07. The van der Waals surface area contributed by atoms with Crippen molar-refractivity contribution < 1.29 is 17.9 Å². The molecule has 1 aliphatic rings. The number of rotatable bonds is 3. The van der Waals surface area contributed by atoms with E-state index in [9.17, 15) is 8.42 Å². The van der Waals surface area contributed by atoms with E-state index in [4.69, 9.17) is 15.2 Å². The fraction of sp³-hybridized carbons (Fsp3) is 0.455. The van der Waals surface area contributed by atoms with Crippen LogP contribution in [-0.4, -0.2) is 33.1 Å². The molecule has 0 spiro atoms. The molecule has 1 fully saturated rings. The summed E-state index contributed by atoms with van der Waals surface area (Å²) in [6.45, 7) is 0. The lowest BCUT2D eigenvalue weighted by Gasteiger charge is -2.14. The molecule has 0 radical (unpaired) electrons. The molecule has 1 aliphatic heterocycles. The quantitative estimate of drug-likeness (QED) is 0.812. The monoisotopic (exact) mass is 257 g/mol. The number of nitrogen functional groups attached to an aromatic ring is 1. The molecule has 94 valence electrons. The third-order valence-electron chi connectivity index (χ3n) is 2.71. The van der Waals surface area contributed by atoms with Crippen LogP contribution in [-0.2, 0) is 9.84 Å². The highest BCUT2D eigenvalue weighted by molar-refractivity contribution is 7.91. The van der Waals surface area contributed by atoms with Gasteiger partial charge in [0.1, 0.15) is 17.6 Å². The van der Waals surface area contributed by atoms with Gasteiger partial charge in [0.05, 0.1) is 24.3 Å². The van der Waals surface area contributed by atoms with Gasteiger partial charge in [-0.3, -0.25) is 0 Å². The van der Waals surface area contributed by atoms with Gasteiger partial charge in [0.15, 0.2) is 9.84 Å². The van der Waals surface area contributed by atoms with E-state index in [0.717, 1.165) is 0 Å². The fourth-order valence-electron chi connectivity index (χ4n) is 1.78. The number of nitrogens with two attached hydrogens (primary N) is 1. The van der Waals surface area contributed by atoms with Crippen LogP contribution >= 0.6 is 0 Å². The number of benzene rings is 1. The Labute approximate surface area is 100 Å². The second kappa shape index (κ2) is 4.44. The Morgan fingerprint density at radius 1 is 1.41 bits per heavy atom. The number of ether oxygens (including phenoxy) is 2. The van der Waals surface area contributed by atoms with Crippen molar-refractivity contribution in [3.05, 3.63) is 18.2 Å². The average molecular weight is 257 g/mol. The fourth-order valence-corrected chi connectivity index (χ4v) is 3.37. The second-order valence-electron chi connectivity index (χ2n) is 4.05. The topological polar surface area (TPSA) is 78.6 Å². The average Bonchev–Trinajstić information content (AvgIpc) is 2.61. The zero-order valence-electron chi connectivity index (χ0n) is 9.55. The summed E-state index contributed by atoms with van der Waals surface area (Å²) in [7, 11) is -1.39. The third-order valence-corrected chi connectivity index (χ3v) is 4.44. The summed E-state index contributed by atoms with van der Waals surface area (Å²) in [5.74, 6) is 1.35. The molecule has 2 N–H and O–H groups in total. The van der Waals surface area contributed by atoms with E-state index < -0.39 is 9.84 Å². The molecular formula is C11H15NO4S. The van der Waals surface area contributed by atoms with Crippen LogP contribution in [0.5, 0.6) is 11.5 Å². The Morgan fingerprint density at radius 2 is 2.18 bits per heavy atom. The molecule has 1 aromatic carbocycles. The molecule has 1 heterocycles. The summed E-state index contributed by atoms with van der Waals surface area (Å²) in [5, 5.41) is 0. The van der Waals surface area contributed by atoms with Crippen LogP contribution in [0.3, 0.4) is 0 Å². The van der Waals surface area contributed by atoms with E-state index in [-0.39, 0.29) is 17.6 Å². The van der Waals surface area contributed by atoms with Crippen molar-refractivity contribution >= 4 is 15.5 Å². The molecule has 0 aromatic heterocycles. The van der Waals surface area contributed by atoms with Crippen molar-refractivity contribution in [2.75, 3.05) is 24.3 Å². The van der Waals surface area contributed by atoms with Crippen molar-refractivity contribution in [1.29, 1.82) is 0 Å². The Balaban J connectivity index is 2.13. The molecule has 1 aromatic rings. The number of methoxy groups -OCH3 is 1. The predicted molar refractivity (Wildman–Crippen MR) is 65.1 cm³/mol. The van der Waals surface area contributed by atoms with Gasteiger partial charge in [-0.05, 0) is 18.6 Å². The minimum atomic E-state index is -2.94. The van der Waals surface area contributed by atoms with Gasteiger partial charge in [-0.2, -0.15) is 0 Å². The first-order valence-electron chi connectivity index (χ1n) is 5.31. The number of hydrogen-bond donors (Lipinski definition) is 1. The summed E-state index contributed by atoms with van der Waals surface area (Å²) < 4.78 is 33.3. The molecule has 5 nitrogen and oxygen atoms in total. The highest BCUT2D eigenvalue weighted by Crippen LogP contribution is 2.29. The van der Waals surface area contributed by atoms with E-state index in [2.05, 4.69) is 0 Å².